The molecule has 0 unspecified atom stereocenters. The summed E-state index contributed by atoms with van der Waals surface area (Å²) in [5, 5.41) is 10.6. The summed E-state index contributed by atoms with van der Waals surface area (Å²) in [7, 11) is 0. The van der Waals surface area contributed by atoms with Gasteiger partial charge >= 0.3 is 0 Å². The molecule has 176 valence electrons. The van der Waals surface area contributed by atoms with E-state index in [2.05, 4.69) is 42.6 Å². The number of nitrogens with one attached hydrogen (secondary N) is 3. The van der Waals surface area contributed by atoms with Crippen LogP contribution in [0.15, 0.2) is 78.2 Å². The van der Waals surface area contributed by atoms with E-state index in [-0.39, 0.29) is 18.0 Å². The van der Waals surface area contributed by atoms with Crippen LogP contribution in [0.25, 0.3) is 22.2 Å². The van der Waals surface area contributed by atoms with Gasteiger partial charge in [-0.05, 0) is 37.0 Å². The molecule has 0 fully saturated rings. The van der Waals surface area contributed by atoms with Crippen molar-refractivity contribution in [3.05, 3.63) is 101 Å². The molecule has 0 spiro atoms. The van der Waals surface area contributed by atoms with Crippen molar-refractivity contribution < 1.29 is 4.79 Å². The Hall–Kier alpha value is -4.53. The molecule has 0 aliphatic carbocycles. The SMILES string of the molecule is O=C(Cn1c(-c2cn[nH]c2)cnc(CCCc2ccccc2)c1=O)NCc1cc2cnccc2[nH]1. The molecule has 0 saturated carbocycles. The Bertz CT molecular complexity index is 1450. The topological polar surface area (TPSA) is 121 Å². The highest BCUT2D eigenvalue weighted by atomic mass is 16.2. The predicted octanol–water partition coefficient (Wildman–Crippen LogP) is 3.00. The summed E-state index contributed by atoms with van der Waals surface area (Å²) >= 11 is 0. The summed E-state index contributed by atoms with van der Waals surface area (Å²) < 4.78 is 1.47. The monoisotopic (exact) mass is 467 g/mol. The summed E-state index contributed by atoms with van der Waals surface area (Å²) in [6.07, 6.45) is 10.6. The Morgan fingerprint density at radius 2 is 1.94 bits per heavy atom. The fourth-order valence-electron chi connectivity index (χ4n) is 4.10. The van der Waals surface area contributed by atoms with Gasteiger partial charge in [-0.15, -0.1) is 0 Å². The third-order valence-corrected chi connectivity index (χ3v) is 5.90. The third-order valence-electron chi connectivity index (χ3n) is 5.90. The van der Waals surface area contributed by atoms with Gasteiger partial charge in [0.2, 0.25) is 5.91 Å². The molecule has 3 N–H and O–H groups in total. The van der Waals surface area contributed by atoms with E-state index in [4.69, 9.17) is 0 Å². The van der Waals surface area contributed by atoms with Crippen LogP contribution in [-0.4, -0.2) is 35.6 Å². The highest BCUT2D eigenvalue weighted by Crippen LogP contribution is 2.16. The molecule has 5 rings (SSSR count). The van der Waals surface area contributed by atoms with E-state index < -0.39 is 0 Å². The molecule has 5 aromatic rings. The Balaban J connectivity index is 1.31. The van der Waals surface area contributed by atoms with Crippen LogP contribution < -0.4 is 10.9 Å². The van der Waals surface area contributed by atoms with E-state index in [1.54, 1.807) is 31.0 Å². The minimum Gasteiger partial charge on any atom is -0.357 e. The van der Waals surface area contributed by atoms with Crippen LogP contribution in [-0.2, 0) is 30.7 Å². The highest BCUT2D eigenvalue weighted by Gasteiger charge is 2.16. The average molecular weight is 468 g/mol. The maximum absolute atomic E-state index is 13.3. The molecule has 9 nitrogen and oxygen atoms in total. The van der Waals surface area contributed by atoms with Gasteiger partial charge in [-0.25, -0.2) is 0 Å². The summed E-state index contributed by atoms with van der Waals surface area (Å²) in [5.74, 6) is -0.268. The van der Waals surface area contributed by atoms with Gasteiger partial charge in [0.25, 0.3) is 5.56 Å². The van der Waals surface area contributed by atoms with E-state index in [1.165, 1.54) is 10.1 Å². The van der Waals surface area contributed by atoms with Crippen LogP contribution in [0, 0.1) is 0 Å². The lowest BCUT2D eigenvalue weighted by molar-refractivity contribution is -0.121. The molecule has 0 aliphatic heterocycles. The number of aryl methyl sites for hydroxylation is 2. The molecule has 4 aromatic heterocycles. The fourth-order valence-corrected chi connectivity index (χ4v) is 4.10. The lowest BCUT2D eigenvalue weighted by Gasteiger charge is -2.13. The first kappa shape index (κ1) is 22.3. The lowest BCUT2D eigenvalue weighted by atomic mass is 10.1. The number of aromatic nitrogens is 6. The summed E-state index contributed by atoms with van der Waals surface area (Å²) in [5.41, 5.74) is 4.46. The van der Waals surface area contributed by atoms with Crippen LogP contribution in [0.2, 0.25) is 0 Å². The van der Waals surface area contributed by atoms with Crippen LogP contribution in [0.1, 0.15) is 23.4 Å². The van der Waals surface area contributed by atoms with Gasteiger partial charge in [0.05, 0.1) is 24.6 Å². The Morgan fingerprint density at radius 3 is 2.74 bits per heavy atom. The van der Waals surface area contributed by atoms with E-state index in [0.717, 1.165) is 29.4 Å². The molecule has 9 heteroatoms. The van der Waals surface area contributed by atoms with E-state index in [9.17, 15) is 9.59 Å². The maximum atomic E-state index is 13.3. The molecule has 1 aromatic carbocycles. The van der Waals surface area contributed by atoms with Gasteiger partial charge in [-0.1, -0.05) is 30.3 Å². The lowest BCUT2D eigenvalue weighted by Crippen LogP contribution is -2.34. The van der Waals surface area contributed by atoms with Crippen LogP contribution in [0.4, 0.5) is 0 Å². The molecular weight excluding hydrogens is 442 g/mol. The quantitative estimate of drug-likeness (QED) is 0.308. The number of pyridine rings is 1. The van der Waals surface area contributed by atoms with E-state index in [0.29, 0.717) is 29.9 Å². The smallest absolute Gasteiger partial charge is 0.273 e. The van der Waals surface area contributed by atoms with Crippen molar-refractivity contribution in [2.24, 2.45) is 0 Å². The Morgan fingerprint density at radius 1 is 1.06 bits per heavy atom. The first-order valence-electron chi connectivity index (χ1n) is 11.5. The highest BCUT2D eigenvalue weighted by molar-refractivity contribution is 5.80. The second kappa shape index (κ2) is 10.2. The third kappa shape index (κ3) is 5.19. The second-order valence-corrected chi connectivity index (χ2v) is 8.34. The van der Waals surface area contributed by atoms with Gasteiger partial charge in [-0.3, -0.25) is 29.2 Å². The van der Waals surface area contributed by atoms with Gasteiger partial charge in [0.15, 0.2) is 0 Å². The predicted molar refractivity (Wildman–Crippen MR) is 132 cm³/mol. The van der Waals surface area contributed by atoms with Crippen LogP contribution >= 0.6 is 0 Å². The number of benzene rings is 1. The maximum Gasteiger partial charge on any atom is 0.273 e. The molecule has 0 aliphatic rings. The average Bonchev–Trinajstić information content (AvgIpc) is 3.56. The first-order chi connectivity index (χ1) is 17.2. The van der Waals surface area contributed by atoms with Crippen molar-refractivity contribution in [1.82, 2.24) is 35.0 Å². The Kier molecular flexibility index (Phi) is 6.47. The number of carbonyl (C=O) groups excluding carboxylic acids is 1. The molecule has 1 amide bonds. The van der Waals surface area contributed by atoms with Crippen molar-refractivity contribution in [3.63, 3.8) is 0 Å². The molecule has 0 radical (unpaired) electrons. The second-order valence-electron chi connectivity index (χ2n) is 8.34. The number of fused-ring (bicyclic) bond motifs is 1. The van der Waals surface area contributed by atoms with Crippen molar-refractivity contribution in [2.45, 2.75) is 32.4 Å². The zero-order valence-corrected chi connectivity index (χ0v) is 19.1. The molecule has 4 heterocycles. The molecule has 0 bridgehead atoms. The van der Waals surface area contributed by atoms with Gasteiger partial charge in [0.1, 0.15) is 12.2 Å². The van der Waals surface area contributed by atoms with Crippen molar-refractivity contribution in [3.8, 4) is 11.3 Å². The molecular formula is C26H25N7O2. The van der Waals surface area contributed by atoms with Crippen LogP contribution in [0.3, 0.4) is 0 Å². The first-order valence-corrected chi connectivity index (χ1v) is 11.5. The van der Waals surface area contributed by atoms with Gasteiger partial charge in [0, 0.05) is 40.8 Å². The minimum atomic E-state index is -0.268. The number of carbonyl (C=O) groups is 1. The number of aromatic amines is 2. The van der Waals surface area contributed by atoms with Gasteiger partial charge in [-0.2, -0.15) is 5.10 Å². The van der Waals surface area contributed by atoms with Crippen molar-refractivity contribution in [1.29, 1.82) is 0 Å². The number of H-pyrrole nitrogens is 2. The van der Waals surface area contributed by atoms with E-state index >= 15 is 0 Å². The summed E-state index contributed by atoms with van der Waals surface area (Å²) in [4.78, 5) is 38.0. The zero-order chi connectivity index (χ0) is 24.0. The van der Waals surface area contributed by atoms with Crippen molar-refractivity contribution in [2.75, 3.05) is 0 Å². The number of hydrogen-bond donors (Lipinski definition) is 3. The summed E-state index contributed by atoms with van der Waals surface area (Å²) in [6, 6.07) is 14.0. The van der Waals surface area contributed by atoms with E-state index in [1.807, 2.05) is 30.3 Å². The normalized spacial score (nSPS) is 11.1. The molecule has 35 heavy (non-hydrogen) atoms. The number of hydrogen-bond acceptors (Lipinski definition) is 5. The van der Waals surface area contributed by atoms with Crippen LogP contribution in [0.5, 0.6) is 0 Å². The summed E-state index contributed by atoms with van der Waals surface area (Å²) in [6.45, 7) is 0.202. The minimum absolute atomic E-state index is 0.116. The number of rotatable bonds is 9. The zero-order valence-electron chi connectivity index (χ0n) is 19.1. The largest absolute Gasteiger partial charge is 0.357 e. The molecule has 0 atom stereocenters. The fraction of sp³-hybridized carbons (Fsp3) is 0.192. The number of nitrogens with zero attached hydrogens (tertiary/aromatic N) is 4. The van der Waals surface area contributed by atoms with Gasteiger partial charge < -0.3 is 10.3 Å². The molecule has 0 saturated heterocycles. The number of amides is 1. The standard InChI is InChI=1S/C26H25N7O2/c34-25(29-15-21-11-19-12-27-10-9-22(19)32-21)17-33-24(20-13-30-31-14-20)16-28-23(26(33)35)8-4-7-18-5-2-1-3-6-18/h1-3,5-6,9-14,16,32H,4,7-8,15,17H2,(H,29,34)(H,30,31). The Labute approximate surface area is 201 Å². The van der Waals surface area contributed by atoms with Crippen molar-refractivity contribution >= 4 is 16.8 Å².